The molecular weight excluding hydrogens is 343 g/mol. The van der Waals surface area contributed by atoms with Gasteiger partial charge >= 0.3 is 0 Å². The number of fused-ring (bicyclic) bond motifs is 1. The number of aromatic nitrogens is 3. The highest BCUT2D eigenvalue weighted by Gasteiger charge is 2.10. The monoisotopic (exact) mass is 352 g/mol. The van der Waals surface area contributed by atoms with Crippen LogP contribution in [0.25, 0.3) is 5.65 Å². The van der Waals surface area contributed by atoms with E-state index in [0.717, 1.165) is 5.56 Å². The predicted molar refractivity (Wildman–Crippen MR) is 87.5 cm³/mol. The number of rotatable bonds is 4. The molecule has 0 fully saturated rings. The number of nitrogens with two attached hydrogens (primary N) is 1. The SMILES string of the molecule is NC(=O)c1ccc(CSc2nnc3c(Cl)cc(Cl)cn23)cc1. The Kier molecular flexibility index (Phi) is 4.24. The lowest BCUT2D eigenvalue weighted by molar-refractivity contribution is 0.100. The minimum Gasteiger partial charge on any atom is -0.366 e. The lowest BCUT2D eigenvalue weighted by atomic mass is 10.1. The van der Waals surface area contributed by atoms with Gasteiger partial charge in [0, 0.05) is 17.5 Å². The second-order valence-electron chi connectivity index (χ2n) is 4.53. The van der Waals surface area contributed by atoms with Crippen LogP contribution >= 0.6 is 35.0 Å². The van der Waals surface area contributed by atoms with Crippen molar-refractivity contribution in [2.45, 2.75) is 10.9 Å². The van der Waals surface area contributed by atoms with E-state index in [1.165, 1.54) is 11.8 Å². The van der Waals surface area contributed by atoms with Crippen LogP contribution < -0.4 is 5.73 Å². The van der Waals surface area contributed by atoms with Crippen molar-refractivity contribution in [3.8, 4) is 0 Å². The number of nitrogens with zero attached hydrogens (tertiary/aromatic N) is 3. The molecule has 0 spiro atoms. The van der Waals surface area contributed by atoms with Gasteiger partial charge in [-0.2, -0.15) is 0 Å². The van der Waals surface area contributed by atoms with Crippen molar-refractivity contribution in [3.63, 3.8) is 0 Å². The Hall–Kier alpha value is -1.76. The third kappa shape index (κ3) is 3.04. The summed E-state index contributed by atoms with van der Waals surface area (Å²) in [4.78, 5) is 11.0. The van der Waals surface area contributed by atoms with E-state index in [1.54, 1.807) is 28.8 Å². The molecule has 0 aliphatic heterocycles. The molecule has 0 bridgehead atoms. The number of carbonyl (C=O) groups is 1. The molecule has 22 heavy (non-hydrogen) atoms. The summed E-state index contributed by atoms with van der Waals surface area (Å²) < 4.78 is 1.76. The zero-order valence-corrected chi connectivity index (χ0v) is 13.5. The molecule has 112 valence electrons. The number of hydrogen-bond acceptors (Lipinski definition) is 4. The highest BCUT2D eigenvalue weighted by atomic mass is 35.5. The highest BCUT2D eigenvalue weighted by molar-refractivity contribution is 7.98. The van der Waals surface area contributed by atoms with Crippen molar-refractivity contribution in [1.82, 2.24) is 14.6 Å². The van der Waals surface area contributed by atoms with Crippen LogP contribution in [0.2, 0.25) is 10.0 Å². The zero-order chi connectivity index (χ0) is 15.7. The van der Waals surface area contributed by atoms with E-state index < -0.39 is 5.91 Å². The highest BCUT2D eigenvalue weighted by Crippen LogP contribution is 2.27. The Balaban J connectivity index is 1.80. The third-order valence-electron chi connectivity index (χ3n) is 3.00. The first-order valence-electron chi connectivity index (χ1n) is 6.26. The molecule has 2 N–H and O–H groups in total. The maximum absolute atomic E-state index is 11.0. The summed E-state index contributed by atoms with van der Waals surface area (Å²) in [6.45, 7) is 0. The van der Waals surface area contributed by atoms with E-state index in [0.29, 0.717) is 32.2 Å². The van der Waals surface area contributed by atoms with Crippen LogP contribution in [0.1, 0.15) is 15.9 Å². The second-order valence-corrected chi connectivity index (χ2v) is 6.32. The van der Waals surface area contributed by atoms with Gasteiger partial charge in [0.1, 0.15) is 0 Å². The van der Waals surface area contributed by atoms with Crippen LogP contribution in [-0.2, 0) is 5.75 Å². The molecule has 2 heterocycles. The fraction of sp³-hybridized carbons (Fsp3) is 0.0714. The summed E-state index contributed by atoms with van der Waals surface area (Å²) in [6.07, 6.45) is 1.72. The number of primary amides is 1. The molecule has 0 radical (unpaired) electrons. The Morgan fingerprint density at radius 3 is 2.64 bits per heavy atom. The van der Waals surface area contributed by atoms with Crippen LogP contribution in [0.4, 0.5) is 0 Å². The van der Waals surface area contributed by atoms with Gasteiger partial charge in [-0.25, -0.2) is 0 Å². The number of benzene rings is 1. The molecule has 0 saturated carbocycles. The molecule has 0 atom stereocenters. The molecule has 3 aromatic rings. The molecule has 0 unspecified atom stereocenters. The molecule has 0 aliphatic rings. The Labute approximate surface area is 140 Å². The van der Waals surface area contributed by atoms with E-state index in [2.05, 4.69) is 10.2 Å². The fourth-order valence-corrected chi connectivity index (χ4v) is 3.29. The number of pyridine rings is 1. The van der Waals surface area contributed by atoms with Crippen molar-refractivity contribution < 1.29 is 4.79 Å². The maximum Gasteiger partial charge on any atom is 0.248 e. The normalized spacial score (nSPS) is 11.0. The van der Waals surface area contributed by atoms with Gasteiger partial charge in [0.25, 0.3) is 0 Å². The van der Waals surface area contributed by atoms with Gasteiger partial charge in [-0.3, -0.25) is 9.20 Å². The van der Waals surface area contributed by atoms with Crippen LogP contribution in [0, 0.1) is 0 Å². The predicted octanol–water partition coefficient (Wildman–Crippen LogP) is 3.43. The van der Waals surface area contributed by atoms with Crippen molar-refractivity contribution >= 4 is 46.5 Å². The first-order valence-corrected chi connectivity index (χ1v) is 8.00. The van der Waals surface area contributed by atoms with Gasteiger partial charge in [-0.05, 0) is 23.8 Å². The first kappa shape index (κ1) is 15.1. The van der Waals surface area contributed by atoms with Gasteiger partial charge in [-0.15, -0.1) is 10.2 Å². The smallest absolute Gasteiger partial charge is 0.248 e. The number of carbonyl (C=O) groups excluding carboxylic acids is 1. The van der Waals surface area contributed by atoms with E-state index in [1.807, 2.05) is 12.1 Å². The molecule has 1 amide bonds. The van der Waals surface area contributed by atoms with Crippen LogP contribution in [-0.4, -0.2) is 20.5 Å². The summed E-state index contributed by atoms with van der Waals surface area (Å²) in [6, 6.07) is 8.75. The van der Waals surface area contributed by atoms with E-state index in [4.69, 9.17) is 28.9 Å². The van der Waals surface area contributed by atoms with Crippen molar-refractivity contribution in [2.75, 3.05) is 0 Å². The minimum absolute atomic E-state index is 0.438. The summed E-state index contributed by atoms with van der Waals surface area (Å²) in [5.74, 6) is 0.233. The first-order chi connectivity index (χ1) is 10.5. The van der Waals surface area contributed by atoms with Gasteiger partial charge in [-0.1, -0.05) is 47.1 Å². The van der Waals surface area contributed by atoms with Crippen molar-refractivity contribution in [2.24, 2.45) is 5.73 Å². The minimum atomic E-state index is -0.438. The van der Waals surface area contributed by atoms with Gasteiger partial charge in [0.05, 0.1) is 10.0 Å². The zero-order valence-electron chi connectivity index (χ0n) is 11.2. The Morgan fingerprint density at radius 2 is 1.95 bits per heavy atom. The summed E-state index contributed by atoms with van der Waals surface area (Å²) >= 11 is 13.6. The maximum atomic E-state index is 11.0. The average molecular weight is 353 g/mol. The number of amides is 1. The van der Waals surface area contributed by atoms with Gasteiger partial charge in [0.15, 0.2) is 10.8 Å². The molecule has 5 nitrogen and oxygen atoms in total. The third-order valence-corrected chi connectivity index (χ3v) is 4.50. The van der Waals surface area contributed by atoms with Crippen LogP contribution in [0.15, 0.2) is 41.7 Å². The quantitative estimate of drug-likeness (QED) is 0.730. The molecule has 0 saturated heterocycles. The molecule has 1 aromatic carbocycles. The standard InChI is InChI=1S/C14H10Cl2N4OS/c15-10-5-11(16)13-18-19-14(20(13)6-10)22-7-8-1-3-9(4-2-8)12(17)21/h1-6H,7H2,(H2,17,21). The van der Waals surface area contributed by atoms with E-state index >= 15 is 0 Å². The lowest BCUT2D eigenvalue weighted by Gasteiger charge is -2.03. The number of hydrogen-bond donors (Lipinski definition) is 1. The number of halogens is 2. The summed E-state index contributed by atoms with van der Waals surface area (Å²) in [7, 11) is 0. The topological polar surface area (TPSA) is 73.3 Å². The largest absolute Gasteiger partial charge is 0.366 e. The molecule has 8 heteroatoms. The molecule has 0 aliphatic carbocycles. The fourth-order valence-electron chi connectivity index (χ4n) is 1.91. The molecule has 2 aromatic heterocycles. The van der Waals surface area contributed by atoms with Gasteiger partial charge in [0.2, 0.25) is 5.91 Å². The Bertz CT molecular complexity index is 848. The van der Waals surface area contributed by atoms with Crippen molar-refractivity contribution in [1.29, 1.82) is 0 Å². The number of thioether (sulfide) groups is 1. The van der Waals surface area contributed by atoms with Crippen LogP contribution in [0.5, 0.6) is 0 Å². The van der Waals surface area contributed by atoms with Crippen molar-refractivity contribution in [3.05, 3.63) is 57.7 Å². The summed E-state index contributed by atoms with van der Waals surface area (Å²) in [5.41, 5.74) is 7.31. The average Bonchev–Trinajstić information content (AvgIpc) is 2.89. The Morgan fingerprint density at radius 1 is 1.23 bits per heavy atom. The van der Waals surface area contributed by atoms with E-state index in [9.17, 15) is 4.79 Å². The van der Waals surface area contributed by atoms with Crippen LogP contribution in [0.3, 0.4) is 0 Å². The van der Waals surface area contributed by atoms with Gasteiger partial charge < -0.3 is 5.73 Å². The van der Waals surface area contributed by atoms with E-state index in [-0.39, 0.29) is 0 Å². The summed E-state index contributed by atoms with van der Waals surface area (Å²) in [5, 5.41) is 9.83. The lowest BCUT2D eigenvalue weighted by Crippen LogP contribution is -2.10. The molecular formula is C14H10Cl2N4OS. The second kappa shape index (κ2) is 6.16. The molecule has 3 rings (SSSR count).